The van der Waals surface area contributed by atoms with Gasteiger partial charge in [-0.3, -0.25) is 0 Å². The molecule has 4 N–H and O–H groups in total. The Morgan fingerprint density at radius 3 is 1.03 bits per heavy atom. The van der Waals surface area contributed by atoms with E-state index in [1.54, 1.807) is 0 Å². The van der Waals surface area contributed by atoms with Crippen LogP contribution in [0.5, 0.6) is 23.0 Å². The molecule has 33 heavy (non-hydrogen) atoms. The fraction of sp³-hybridized carbons (Fsp3) is 0. The van der Waals surface area contributed by atoms with Gasteiger partial charge in [-0.15, -0.1) is 0 Å². The zero-order chi connectivity index (χ0) is 23.8. The first kappa shape index (κ1) is 25.8. The van der Waals surface area contributed by atoms with E-state index in [1.807, 2.05) is 0 Å². The van der Waals surface area contributed by atoms with Gasteiger partial charge in [0.2, 0.25) is 0 Å². The molecule has 0 atom stereocenters. The molecule has 0 spiro atoms. The fourth-order valence-electron chi connectivity index (χ4n) is 2.81. The number of phenols is 4. The predicted molar refractivity (Wildman–Crippen MR) is 116 cm³/mol. The van der Waals surface area contributed by atoms with Gasteiger partial charge in [0.25, 0.3) is 0 Å². The van der Waals surface area contributed by atoms with Crippen molar-refractivity contribution >= 4 is 51.9 Å². The van der Waals surface area contributed by atoms with E-state index in [9.17, 15) is 46.4 Å². The Morgan fingerprint density at radius 2 is 0.758 bits per heavy atom. The molecule has 0 saturated heterocycles. The zero-order valence-corrected chi connectivity index (χ0v) is 18.2. The van der Waals surface area contributed by atoms with Crippen LogP contribution in [0.4, 0.5) is 0 Å². The van der Waals surface area contributed by atoms with Gasteiger partial charge in [0.1, 0.15) is 20.2 Å². The molecule has 0 aromatic heterocycles. The van der Waals surface area contributed by atoms with Crippen molar-refractivity contribution in [2.45, 2.75) is 9.79 Å². The topological polar surface area (TPSA) is 195 Å². The number of phenolic OH excluding ortho intramolecular Hbond substituents is 4. The average molecular weight is 487 g/mol. The van der Waals surface area contributed by atoms with E-state index in [-0.39, 0.29) is 42.9 Å². The van der Waals surface area contributed by atoms with E-state index in [2.05, 4.69) is 0 Å². The molecule has 0 aliphatic heterocycles. The first-order chi connectivity index (χ1) is 14.8. The van der Waals surface area contributed by atoms with Gasteiger partial charge in [-0.1, -0.05) is 12.1 Å². The van der Waals surface area contributed by atoms with Crippen molar-refractivity contribution in [3.8, 4) is 23.0 Å². The maximum atomic E-state index is 10.8. The maximum absolute atomic E-state index is 10.8. The summed E-state index contributed by atoms with van der Waals surface area (Å²) >= 11 is 0. The number of hydrogen-bond donors (Lipinski definition) is 4. The van der Waals surface area contributed by atoms with Gasteiger partial charge >= 0.3 is 10.1 Å². The standard InChI is InChI=1S/2C10H8O5S.Be/c2*11-9-4-6-1-2-8(16(13,14)15)3-7(6)5-10(9)12;/h2*1-5,11-12H,(H,13,14,15);/q;;+2/p-2. The summed E-state index contributed by atoms with van der Waals surface area (Å²) < 4.78 is 64.6. The van der Waals surface area contributed by atoms with Gasteiger partial charge in [-0.2, -0.15) is 0 Å². The Balaban J connectivity index is 0.000000227. The SMILES string of the molecule is O=S(=O)([O-])c1ccc2cc(O)c(O)cc2c1.O=S(=O)([O-])c1ccc2cc(O)c(O)cc2c1.[Be+2]. The van der Waals surface area contributed by atoms with Crippen LogP contribution in [0.25, 0.3) is 21.5 Å². The van der Waals surface area contributed by atoms with Crippen molar-refractivity contribution in [1.29, 1.82) is 0 Å². The monoisotopic (exact) mass is 487 g/mol. The second kappa shape index (κ2) is 9.22. The van der Waals surface area contributed by atoms with Crippen LogP contribution >= 0.6 is 0 Å². The van der Waals surface area contributed by atoms with E-state index in [0.29, 0.717) is 21.5 Å². The van der Waals surface area contributed by atoms with Crippen molar-refractivity contribution in [3.05, 3.63) is 60.7 Å². The summed E-state index contributed by atoms with van der Waals surface area (Å²) in [5.41, 5.74) is 0. The molecule has 4 aromatic rings. The molecule has 0 heterocycles. The van der Waals surface area contributed by atoms with E-state index in [1.165, 1.54) is 36.4 Å². The summed E-state index contributed by atoms with van der Waals surface area (Å²) in [6.07, 6.45) is 0. The van der Waals surface area contributed by atoms with E-state index in [4.69, 9.17) is 0 Å². The molecule has 0 saturated carbocycles. The van der Waals surface area contributed by atoms with Crippen LogP contribution in [-0.2, 0) is 20.2 Å². The van der Waals surface area contributed by atoms with Crippen LogP contribution in [0, 0.1) is 0 Å². The summed E-state index contributed by atoms with van der Waals surface area (Å²) in [6, 6.07) is 12.3. The van der Waals surface area contributed by atoms with Crippen LogP contribution < -0.4 is 0 Å². The summed E-state index contributed by atoms with van der Waals surface area (Å²) in [5, 5.41) is 38.7. The largest absolute Gasteiger partial charge is 2.00 e. The first-order valence-corrected chi connectivity index (χ1v) is 11.4. The normalized spacial score (nSPS) is 11.5. The molecule has 4 rings (SSSR count). The number of aromatic hydroxyl groups is 4. The zero-order valence-electron chi connectivity index (χ0n) is 16.5. The van der Waals surface area contributed by atoms with Crippen LogP contribution in [0.1, 0.15) is 0 Å². The molecule has 0 unspecified atom stereocenters. The van der Waals surface area contributed by atoms with Crippen molar-refractivity contribution in [2.24, 2.45) is 0 Å². The summed E-state index contributed by atoms with van der Waals surface area (Å²) in [4.78, 5) is -0.741. The van der Waals surface area contributed by atoms with Crippen LogP contribution in [0.2, 0.25) is 0 Å². The van der Waals surface area contributed by atoms with Gasteiger partial charge in [-0.05, 0) is 70.1 Å². The molecule has 0 bridgehead atoms. The Kier molecular flexibility index (Phi) is 7.22. The predicted octanol–water partition coefficient (Wildman–Crippen LogP) is 1.93. The molecule has 13 heteroatoms. The Hall–Kier alpha value is -3.41. The quantitative estimate of drug-likeness (QED) is 0.184. The number of rotatable bonds is 2. The van der Waals surface area contributed by atoms with E-state index in [0.717, 1.165) is 24.3 Å². The number of fused-ring (bicyclic) bond motifs is 2. The molecule has 0 aliphatic rings. The third-order valence-electron chi connectivity index (χ3n) is 4.39. The summed E-state index contributed by atoms with van der Waals surface area (Å²) in [6.45, 7) is 0. The van der Waals surface area contributed by atoms with Gasteiger partial charge < -0.3 is 29.5 Å². The fourth-order valence-corrected chi connectivity index (χ4v) is 3.83. The second-order valence-corrected chi connectivity index (χ2v) is 9.37. The molecule has 0 amide bonds. The second-order valence-electron chi connectivity index (χ2n) is 6.61. The Bertz CT molecular complexity index is 1450. The minimum atomic E-state index is -4.51. The first-order valence-electron chi connectivity index (χ1n) is 8.59. The smallest absolute Gasteiger partial charge is 0.744 e. The molecule has 0 aliphatic carbocycles. The molecule has 10 nitrogen and oxygen atoms in total. The Morgan fingerprint density at radius 1 is 0.485 bits per heavy atom. The summed E-state index contributed by atoms with van der Waals surface area (Å²) in [7, 11) is -9.02. The summed E-state index contributed by atoms with van der Waals surface area (Å²) in [5.74, 6) is -1.34. The molecular formula is C20H14BeO10S2. The van der Waals surface area contributed by atoms with Gasteiger partial charge in [0.15, 0.2) is 23.0 Å². The average Bonchev–Trinajstić information content (AvgIpc) is 2.68. The third-order valence-corrected chi connectivity index (χ3v) is 6.05. The molecule has 4 aromatic carbocycles. The van der Waals surface area contributed by atoms with Crippen LogP contribution in [0.3, 0.4) is 0 Å². The maximum Gasteiger partial charge on any atom is 2.00 e. The molecule has 0 fully saturated rings. The molecule has 168 valence electrons. The van der Waals surface area contributed by atoms with Crippen molar-refractivity contribution in [2.75, 3.05) is 0 Å². The Labute approximate surface area is 191 Å². The van der Waals surface area contributed by atoms with E-state index < -0.39 is 20.2 Å². The van der Waals surface area contributed by atoms with Crippen molar-refractivity contribution < 1.29 is 46.4 Å². The van der Waals surface area contributed by atoms with E-state index >= 15 is 0 Å². The number of hydrogen-bond acceptors (Lipinski definition) is 10. The molecular weight excluding hydrogens is 473 g/mol. The van der Waals surface area contributed by atoms with Gasteiger partial charge in [0.05, 0.1) is 9.79 Å². The van der Waals surface area contributed by atoms with Crippen molar-refractivity contribution in [3.63, 3.8) is 0 Å². The van der Waals surface area contributed by atoms with Crippen LogP contribution in [-0.4, -0.2) is 56.5 Å². The minimum absolute atomic E-state index is 0. The van der Waals surface area contributed by atoms with Gasteiger partial charge in [0, 0.05) is 0 Å². The third kappa shape index (κ3) is 5.89. The molecule has 0 radical (unpaired) electrons. The van der Waals surface area contributed by atoms with Gasteiger partial charge in [-0.25, -0.2) is 16.8 Å². The minimum Gasteiger partial charge on any atom is -0.744 e. The van der Waals surface area contributed by atoms with Crippen molar-refractivity contribution in [1.82, 2.24) is 0 Å². The number of benzene rings is 4. The van der Waals surface area contributed by atoms with Crippen LogP contribution in [0.15, 0.2) is 70.5 Å².